The molecule has 4 heterocycles. The molecule has 1 amide bonds. The number of aryl methyl sites for hydroxylation is 2. The van der Waals surface area contributed by atoms with Gasteiger partial charge in [0, 0.05) is 30.7 Å². The Balaban J connectivity index is 1.36. The van der Waals surface area contributed by atoms with Gasteiger partial charge < -0.3 is 15.4 Å². The van der Waals surface area contributed by atoms with E-state index < -0.39 is 0 Å². The first-order chi connectivity index (χ1) is 16.0. The zero-order valence-electron chi connectivity index (χ0n) is 19.3. The van der Waals surface area contributed by atoms with E-state index >= 15 is 0 Å². The molecule has 2 N–H and O–H groups in total. The maximum atomic E-state index is 12.8. The molecule has 0 saturated carbocycles. The van der Waals surface area contributed by atoms with Crippen LogP contribution in [-0.2, 0) is 11.2 Å². The smallest absolute Gasteiger partial charge is 0.258 e. The highest BCUT2D eigenvalue weighted by Crippen LogP contribution is 2.28. The summed E-state index contributed by atoms with van der Waals surface area (Å²) in [6, 6.07) is 5.58. The molecule has 4 rings (SSSR count). The summed E-state index contributed by atoms with van der Waals surface area (Å²) in [5, 5.41) is 6.16. The number of aromatic nitrogens is 4. The standard InChI is InChI=1S/C25H30N6O2/c1-16-4-6-21(14-27-16)30-23-15-26-9-8-22(23)31-25(32)20-12-28-24(29-13-20)7-5-19-10-17(2)33-18(3)11-19/h4,6,8-9,12-15,17-19,30H,5,7,10-11H2,1-3H3,(H,26,31,32)/t17-,18+,19?. The molecular weight excluding hydrogens is 416 g/mol. The van der Waals surface area contributed by atoms with Crippen molar-refractivity contribution in [3.8, 4) is 0 Å². The molecule has 33 heavy (non-hydrogen) atoms. The Morgan fingerprint density at radius 3 is 2.45 bits per heavy atom. The van der Waals surface area contributed by atoms with Crippen molar-refractivity contribution in [1.82, 2.24) is 19.9 Å². The van der Waals surface area contributed by atoms with Crippen molar-refractivity contribution in [1.29, 1.82) is 0 Å². The number of ether oxygens (including phenoxy) is 1. The number of nitrogens with zero attached hydrogens (tertiary/aromatic N) is 4. The molecular formula is C25H30N6O2. The number of anilines is 3. The van der Waals surface area contributed by atoms with E-state index in [1.54, 1.807) is 37.1 Å². The summed E-state index contributed by atoms with van der Waals surface area (Å²) in [6.45, 7) is 6.20. The predicted molar refractivity (Wildman–Crippen MR) is 128 cm³/mol. The monoisotopic (exact) mass is 446 g/mol. The Hall–Kier alpha value is -3.39. The first kappa shape index (κ1) is 22.8. The molecule has 0 aromatic carbocycles. The zero-order chi connectivity index (χ0) is 23.2. The van der Waals surface area contributed by atoms with E-state index in [2.05, 4.69) is 44.4 Å². The second kappa shape index (κ2) is 10.5. The van der Waals surface area contributed by atoms with Crippen LogP contribution in [-0.4, -0.2) is 38.1 Å². The summed E-state index contributed by atoms with van der Waals surface area (Å²) in [5.74, 6) is 1.11. The maximum Gasteiger partial charge on any atom is 0.258 e. The second-order valence-electron chi connectivity index (χ2n) is 8.71. The third kappa shape index (κ3) is 6.32. The average molecular weight is 447 g/mol. The molecule has 0 spiro atoms. The molecule has 3 atom stereocenters. The van der Waals surface area contributed by atoms with Gasteiger partial charge in [0.05, 0.1) is 47.2 Å². The normalized spacial score (nSPS) is 20.3. The van der Waals surface area contributed by atoms with Crippen LogP contribution in [0.4, 0.5) is 17.1 Å². The van der Waals surface area contributed by atoms with Crippen LogP contribution < -0.4 is 10.6 Å². The van der Waals surface area contributed by atoms with Crippen LogP contribution in [0, 0.1) is 12.8 Å². The third-order valence-corrected chi connectivity index (χ3v) is 5.80. The fourth-order valence-corrected chi connectivity index (χ4v) is 4.21. The number of hydrogen-bond donors (Lipinski definition) is 2. The Morgan fingerprint density at radius 1 is 1.00 bits per heavy atom. The van der Waals surface area contributed by atoms with Gasteiger partial charge in [-0.15, -0.1) is 0 Å². The van der Waals surface area contributed by atoms with Crippen molar-refractivity contribution < 1.29 is 9.53 Å². The van der Waals surface area contributed by atoms with Crippen LogP contribution in [0.25, 0.3) is 0 Å². The van der Waals surface area contributed by atoms with Crippen LogP contribution in [0.1, 0.15) is 55.0 Å². The highest BCUT2D eigenvalue weighted by molar-refractivity contribution is 6.05. The minimum Gasteiger partial charge on any atom is -0.376 e. The Bertz CT molecular complexity index is 1060. The summed E-state index contributed by atoms with van der Waals surface area (Å²) in [7, 11) is 0. The molecule has 1 fully saturated rings. The SMILES string of the molecule is Cc1ccc(Nc2cnccc2NC(=O)c2cnc(CCC3C[C@@H](C)O[C@@H](C)C3)nc2)cn1. The maximum absolute atomic E-state index is 12.8. The van der Waals surface area contributed by atoms with E-state index in [0.717, 1.165) is 42.9 Å². The van der Waals surface area contributed by atoms with Gasteiger partial charge in [-0.1, -0.05) is 0 Å². The van der Waals surface area contributed by atoms with Crippen LogP contribution in [0.15, 0.2) is 49.2 Å². The number of carbonyl (C=O) groups excluding carboxylic acids is 1. The number of pyridine rings is 2. The summed E-state index contributed by atoms with van der Waals surface area (Å²) in [6.07, 6.45) is 12.8. The Morgan fingerprint density at radius 2 is 1.76 bits per heavy atom. The van der Waals surface area contributed by atoms with Gasteiger partial charge in [0.2, 0.25) is 0 Å². The predicted octanol–water partition coefficient (Wildman–Crippen LogP) is 4.71. The van der Waals surface area contributed by atoms with Crippen LogP contribution in [0.5, 0.6) is 0 Å². The lowest BCUT2D eigenvalue weighted by molar-refractivity contribution is -0.0533. The fourth-order valence-electron chi connectivity index (χ4n) is 4.21. The molecule has 1 aliphatic rings. The molecule has 0 radical (unpaired) electrons. The van der Waals surface area contributed by atoms with Gasteiger partial charge in [0.1, 0.15) is 5.82 Å². The number of nitrogens with one attached hydrogen (secondary N) is 2. The Kier molecular flexibility index (Phi) is 7.24. The lowest BCUT2D eigenvalue weighted by Crippen LogP contribution is -2.29. The summed E-state index contributed by atoms with van der Waals surface area (Å²) in [4.78, 5) is 30.1. The van der Waals surface area contributed by atoms with Crippen molar-refractivity contribution in [3.05, 3.63) is 66.3 Å². The Labute approximate surface area is 194 Å². The van der Waals surface area contributed by atoms with E-state index in [1.807, 2.05) is 19.1 Å². The number of amides is 1. The summed E-state index contributed by atoms with van der Waals surface area (Å²) < 4.78 is 5.82. The van der Waals surface area contributed by atoms with Gasteiger partial charge in [-0.25, -0.2) is 9.97 Å². The molecule has 0 aliphatic carbocycles. The van der Waals surface area contributed by atoms with Gasteiger partial charge in [0.25, 0.3) is 5.91 Å². The molecule has 0 bridgehead atoms. The van der Waals surface area contributed by atoms with Crippen LogP contribution in [0.3, 0.4) is 0 Å². The first-order valence-corrected chi connectivity index (χ1v) is 11.4. The van der Waals surface area contributed by atoms with Gasteiger partial charge in [-0.3, -0.25) is 14.8 Å². The molecule has 8 heteroatoms. The largest absolute Gasteiger partial charge is 0.376 e. The zero-order valence-corrected chi connectivity index (χ0v) is 19.3. The van der Waals surface area contributed by atoms with Crippen molar-refractivity contribution in [2.75, 3.05) is 10.6 Å². The van der Waals surface area contributed by atoms with E-state index in [0.29, 0.717) is 35.1 Å². The van der Waals surface area contributed by atoms with Gasteiger partial charge >= 0.3 is 0 Å². The van der Waals surface area contributed by atoms with Crippen LogP contribution in [0.2, 0.25) is 0 Å². The van der Waals surface area contributed by atoms with E-state index in [9.17, 15) is 4.79 Å². The van der Waals surface area contributed by atoms with E-state index in [1.165, 1.54) is 0 Å². The topological polar surface area (TPSA) is 102 Å². The number of rotatable bonds is 7. The lowest BCUT2D eigenvalue weighted by Gasteiger charge is -2.32. The minimum absolute atomic E-state index is 0.273. The molecule has 1 unspecified atom stereocenters. The van der Waals surface area contributed by atoms with E-state index in [-0.39, 0.29) is 5.91 Å². The molecule has 3 aromatic rings. The molecule has 1 saturated heterocycles. The van der Waals surface area contributed by atoms with Crippen molar-refractivity contribution >= 4 is 23.0 Å². The molecule has 1 aliphatic heterocycles. The van der Waals surface area contributed by atoms with Gasteiger partial charge in [-0.05, 0) is 64.2 Å². The molecule has 8 nitrogen and oxygen atoms in total. The van der Waals surface area contributed by atoms with Crippen LogP contribution >= 0.6 is 0 Å². The van der Waals surface area contributed by atoms with Gasteiger partial charge in [-0.2, -0.15) is 0 Å². The second-order valence-corrected chi connectivity index (χ2v) is 8.71. The lowest BCUT2D eigenvalue weighted by atomic mass is 9.88. The third-order valence-electron chi connectivity index (χ3n) is 5.80. The quantitative estimate of drug-likeness (QED) is 0.542. The highest BCUT2D eigenvalue weighted by Gasteiger charge is 2.24. The molecule has 3 aromatic heterocycles. The summed E-state index contributed by atoms with van der Waals surface area (Å²) >= 11 is 0. The average Bonchev–Trinajstić information content (AvgIpc) is 2.80. The number of hydrogen-bond acceptors (Lipinski definition) is 7. The van der Waals surface area contributed by atoms with Crippen molar-refractivity contribution in [3.63, 3.8) is 0 Å². The van der Waals surface area contributed by atoms with Crippen molar-refractivity contribution in [2.45, 2.75) is 58.7 Å². The summed E-state index contributed by atoms with van der Waals surface area (Å²) in [5.41, 5.74) is 3.44. The first-order valence-electron chi connectivity index (χ1n) is 11.4. The fraction of sp³-hybridized carbons (Fsp3) is 0.400. The number of carbonyl (C=O) groups is 1. The van der Waals surface area contributed by atoms with E-state index in [4.69, 9.17) is 4.74 Å². The minimum atomic E-state index is -0.273. The van der Waals surface area contributed by atoms with Gasteiger partial charge in [0.15, 0.2) is 0 Å². The highest BCUT2D eigenvalue weighted by atomic mass is 16.5. The molecule has 172 valence electrons. The van der Waals surface area contributed by atoms with Crippen molar-refractivity contribution in [2.24, 2.45) is 5.92 Å².